The van der Waals surface area contributed by atoms with E-state index in [1.807, 2.05) is 0 Å². The van der Waals surface area contributed by atoms with Crippen molar-refractivity contribution in [3.05, 3.63) is 28.8 Å². The summed E-state index contributed by atoms with van der Waals surface area (Å²) in [4.78, 5) is 11.7. The quantitative estimate of drug-likeness (QED) is 0.898. The lowest BCUT2D eigenvalue weighted by molar-refractivity contribution is -0.137. The van der Waals surface area contributed by atoms with E-state index in [0.29, 0.717) is 0 Å². The Morgan fingerprint density at radius 1 is 1.45 bits per heavy atom. The summed E-state index contributed by atoms with van der Waals surface area (Å²) in [5, 5.41) is 5.25. The molecular formula is C13H14ClF3N2O. The number of benzene rings is 1. The van der Waals surface area contributed by atoms with Crippen molar-refractivity contribution >= 4 is 23.2 Å². The fraction of sp³-hybridized carbons (Fsp3) is 0.462. The van der Waals surface area contributed by atoms with Gasteiger partial charge in [-0.1, -0.05) is 11.6 Å². The third-order valence-electron chi connectivity index (χ3n) is 3.15. The molecule has 20 heavy (non-hydrogen) atoms. The Bertz CT molecular complexity index is 499. The van der Waals surface area contributed by atoms with Crippen molar-refractivity contribution < 1.29 is 18.0 Å². The molecule has 1 aliphatic heterocycles. The molecule has 1 aliphatic rings. The molecule has 110 valence electrons. The molecule has 0 radical (unpaired) electrons. The Morgan fingerprint density at radius 3 is 2.80 bits per heavy atom. The van der Waals surface area contributed by atoms with Crippen molar-refractivity contribution in [3.8, 4) is 0 Å². The van der Waals surface area contributed by atoms with Crippen LogP contribution in [0.25, 0.3) is 0 Å². The van der Waals surface area contributed by atoms with E-state index in [1.54, 1.807) is 0 Å². The molecule has 1 fully saturated rings. The first kappa shape index (κ1) is 15.1. The van der Waals surface area contributed by atoms with Crippen molar-refractivity contribution in [2.45, 2.75) is 31.5 Å². The molecule has 2 rings (SSSR count). The summed E-state index contributed by atoms with van der Waals surface area (Å²) in [6.07, 6.45) is -2.37. The summed E-state index contributed by atoms with van der Waals surface area (Å²) in [5.74, 6) is -0.306. The zero-order valence-corrected chi connectivity index (χ0v) is 11.3. The van der Waals surface area contributed by atoms with E-state index in [2.05, 4.69) is 10.6 Å². The van der Waals surface area contributed by atoms with E-state index >= 15 is 0 Å². The number of halogens is 4. The second kappa shape index (κ2) is 6.01. The van der Waals surface area contributed by atoms with Gasteiger partial charge in [-0.15, -0.1) is 0 Å². The summed E-state index contributed by atoms with van der Waals surface area (Å²) < 4.78 is 38.1. The van der Waals surface area contributed by atoms with Gasteiger partial charge in [0.25, 0.3) is 0 Å². The van der Waals surface area contributed by atoms with Crippen LogP contribution in [0.4, 0.5) is 18.9 Å². The molecule has 1 aromatic rings. The van der Waals surface area contributed by atoms with Gasteiger partial charge < -0.3 is 10.6 Å². The second-order valence-corrected chi connectivity index (χ2v) is 5.15. The minimum Gasteiger partial charge on any atom is -0.326 e. The van der Waals surface area contributed by atoms with Crippen molar-refractivity contribution in [1.29, 1.82) is 0 Å². The van der Waals surface area contributed by atoms with E-state index in [9.17, 15) is 18.0 Å². The molecule has 7 heteroatoms. The Hall–Kier alpha value is -1.27. The zero-order chi connectivity index (χ0) is 14.8. The lowest BCUT2D eigenvalue weighted by Crippen LogP contribution is -2.27. The van der Waals surface area contributed by atoms with Crippen LogP contribution in [0.1, 0.15) is 24.8 Å². The fourth-order valence-corrected chi connectivity index (χ4v) is 2.41. The average molecular weight is 307 g/mol. The molecule has 1 heterocycles. The van der Waals surface area contributed by atoms with Crippen molar-refractivity contribution in [2.75, 3.05) is 11.9 Å². The predicted molar refractivity (Wildman–Crippen MR) is 70.7 cm³/mol. The van der Waals surface area contributed by atoms with Crippen LogP contribution in [0.15, 0.2) is 18.2 Å². The number of anilines is 1. The first-order chi connectivity index (χ1) is 9.36. The maximum absolute atomic E-state index is 12.7. The van der Waals surface area contributed by atoms with Crippen molar-refractivity contribution in [1.82, 2.24) is 5.32 Å². The normalized spacial score (nSPS) is 19.1. The second-order valence-electron chi connectivity index (χ2n) is 4.74. The molecule has 1 unspecified atom stereocenters. The Kier molecular flexibility index (Phi) is 4.55. The number of hydrogen-bond donors (Lipinski definition) is 2. The monoisotopic (exact) mass is 306 g/mol. The van der Waals surface area contributed by atoms with Crippen LogP contribution in [0.3, 0.4) is 0 Å². The molecule has 1 saturated heterocycles. The maximum atomic E-state index is 12.7. The summed E-state index contributed by atoms with van der Waals surface area (Å²) >= 11 is 5.51. The summed E-state index contributed by atoms with van der Waals surface area (Å²) in [6.45, 7) is 0.872. The smallest absolute Gasteiger partial charge is 0.326 e. The standard InChI is InChI=1S/C13H14ClF3N2O/c14-11-4-3-9(6-10(11)13(15,16)17)19-12(20)7-8-2-1-5-18-8/h3-4,6,8,18H,1-2,5,7H2,(H,19,20). The number of carbonyl (C=O) groups excluding carboxylic acids is 1. The number of carbonyl (C=O) groups is 1. The van der Waals surface area contributed by atoms with E-state index in [4.69, 9.17) is 11.6 Å². The van der Waals surface area contributed by atoms with Crippen molar-refractivity contribution in [3.63, 3.8) is 0 Å². The molecule has 0 saturated carbocycles. The van der Waals surface area contributed by atoms with Gasteiger partial charge >= 0.3 is 6.18 Å². The first-order valence-electron chi connectivity index (χ1n) is 6.26. The zero-order valence-electron chi connectivity index (χ0n) is 10.6. The highest BCUT2D eigenvalue weighted by atomic mass is 35.5. The summed E-state index contributed by atoms with van der Waals surface area (Å²) in [7, 11) is 0. The third-order valence-corrected chi connectivity index (χ3v) is 3.48. The number of amides is 1. The molecule has 0 bridgehead atoms. The molecule has 0 aromatic heterocycles. The predicted octanol–water partition coefficient (Wildman–Crippen LogP) is 3.44. The lowest BCUT2D eigenvalue weighted by Gasteiger charge is -2.13. The Balaban J connectivity index is 2.04. The molecular weight excluding hydrogens is 293 g/mol. The number of nitrogens with one attached hydrogen (secondary N) is 2. The highest BCUT2D eigenvalue weighted by Gasteiger charge is 2.33. The average Bonchev–Trinajstić information content (AvgIpc) is 2.83. The van der Waals surface area contributed by atoms with Crippen LogP contribution in [0, 0.1) is 0 Å². The molecule has 3 nitrogen and oxygen atoms in total. The molecule has 0 spiro atoms. The minimum atomic E-state index is -4.54. The van der Waals surface area contributed by atoms with Crippen LogP contribution < -0.4 is 10.6 Å². The van der Waals surface area contributed by atoms with Gasteiger partial charge in [0.2, 0.25) is 5.91 Å². The number of rotatable bonds is 3. The van der Waals surface area contributed by atoms with E-state index in [1.165, 1.54) is 6.07 Å². The van der Waals surface area contributed by atoms with Gasteiger partial charge in [-0.25, -0.2) is 0 Å². The van der Waals surface area contributed by atoms with Gasteiger partial charge in [0.05, 0.1) is 10.6 Å². The fourth-order valence-electron chi connectivity index (χ4n) is 2.19. The molecule has 1 atom stereocenters. The maximum Gasteiger partial charge on any atom is 0.417 e. The van der Waals surface area contributed by atoms with E-state index < -0.39 is 11.7 Å². The summed E-state index contributed by atoms with van der Waals surface area (Å²) in [6, 6.07) is 3.44. The molecule has 1 aromatic carbocycles. The largest absolute Gasteiger partial charge is 0.417 e. The van der Waals surface area contributed by atoms with Gasteiger partial charge in [0.1, 0.15) is 0 Å². The topological polar surface area (TPSA) is 41.1 Å². The first-order valence-corrected chi connectivity index (χ1v) is 6.64. The van der Waals surface area contributed by atoms with Crippen LogP contribution >= 0.6 is 11.6 Å². The van der Waals surface area contributed by atoms with Crippen LogP contribution in [-0.4, -0.2) is 18.5 Å². The highest BCUT2D eigenvalue weighted by Crippen LogP contribution is 2.36. The van der Waals surface area contributed by atoms with Crippen LogP contribution in [0.5, 0.6) is 0 Å². The van der Waals surface area contributed by atoms with E-state index in [-0.39, 0.29) is 29.1 Å². The van der Waals surface area contributed by atoms with Gasteiger partial charge in [-0.3, -0.25) is 4.79 Å². The highest BCUT2D eigenvalue weighted by molar-refractivity contribution is 6.31. The van der Waals surface area contributed by atoms with Crippen molar-refractivity contribution in [2.24, 2.45) is 0 Å². The van der Waals surface area contributed by atoms with Crippen LogP contribution in [-0.2, 0) is 11.0 Å². The SMILES string of the molecule is O=C(CC1CCCN1)Nc1ccc(Cl)c(C(F)(F)F)c1. The minimum absolute atomic E-state index is 0.101. The molecule has 0 aliphatic carbocycles. The van der Waals surface area contributed by atoms with Gasteiger partial charge in [-0.2, -0.15) is 13.2 Å². The third kappa shape index (κ3) is 3.86. The number of alkyl halides is 3. The Labute approximate surface area is 119 Å². The van der Waals surface area contributed by atoms with Crippen LogP contribution in [0.2, 0.25) is 5.02 Å². The summed E-state index contributed by atoms with van der Waals surface area (Å²) in [5.41, 5.74) is -0.847. The lowest BCUT2D eigenvalue weighted by atomic mass is 10.1. The van der Waals surface area contributed by atoms with Gasteiger partial charge in [-0.05, 0) is 37.6 Å². The van der Waals surface area contributed by atoms with Gasteiger partial charge in [0.15, 0.2) is 0 Å². The number of hydrogen-bond acceptors (Lipinski definition) is 2. The Morgan fingerprint density at radius 2 is 2.20 bits per heavy atom. The van der Waals surface area contributed by atoms with Gasteiger partial charge in [0, 0.05) is 18.2 Å². The molecule has 1 amide bonds. The van der Waals surface area contributed by atoms with E-state index in [0.717, 1.165) is 31.5 Å². The molecule has 2 N–H and O–H groups in total.